The normalized spacial score (nSPS) is 10.2. The molecule has 4 nitrogen and oxygen atoms in total. The van der Waals surface area contributed by atoms with Crippen LogP contribution in [0.3, 0.4) is 0 Å². The highest BCUT2D eigenvalue weighted by atomic mass is 16.5. The molecule has 106 valence electrons. The predicted octanol–water partition coefficient (Wildman–Crippen LogP) is 2.31. The molecule has 0 radical (unpaired) electrons. The van der Waals surface area contributed by atoms with E-state index in [-0.39, 0.29) is 5.97 Å². The van der Waals surface area contributed by atoms with Gasteiger partial charge in [-0.05, 0) is 44.5 Å². The Morgan fingerprint density at radius 3 is 2.89 bits per heavy atom. The van der Waals surface area contributed by atoms with Gasteiger partial charge in [0.15, 0.2) is 0 Å². The lowest BCUT2D eigenvalue weighted by atomic mass is 10.2. The van der Waals surface area contributed by atoms with Crippen molar-refractivity contribution in [2.45, 2.75) is 26.7 Å². The molecule has 0 unspecified atom stereocenters. The fraction of sp³-hybridized carbons (Fsp3) is 0.533. The van der Waals surface area contributed by atoms with E-state index in [9.17, 15) is 4.79 Å². The largest absolute Gasteiger partial charge is 0.494 e. The molecule has 0 aliphatic rings. The van der Waals surface area contributed by atoms with Crippen molar-refractivity contribution >= 4 is 5.97 Å². The highest BCUT2D eigenvalue weighted by Gasteiger charge is 2.00. The molecular formula is C15H23NO3. The van der Waals surface area contributed by atoms with Gasteiger partial charge in [-0.25, -0.2) is 0 Å². The standard InChI is InChI=1S/C15H23NO3/c1-3-18-15(17)8-10-16-9-5-11-19-14-7-4-6-13(2)12-14/h4,6-7,12,16H,3,5,8-11H2,1-2H3. The molecule has 19 heavy (non-hydrogen) atoms. The first kappa shape index (κ1) is 15.5. The Morgan fingerprint density at radius 2 is 2.16 bits per heavy atom. The van der Waals surface area contributed by atoms with Gasteiger partial charge in [-0.15, -0.1) is 0 Å². The third-order valence-corrected chi connectivity index (χ3v) is 2.57. The molecule has 1 aromatic rings. The van der Waals surface area contributed by atoms with Crippen LogP contribution in [0, 0.1) is 6.92 Å². The van der Waals surface area contributed by atoms with E-state index in [2.05, 4.69) is 5.32 Å². The SMILES string of the molecule is CCOC(=O)CCNCCCOc1cccc(C)c1. The van der Waals surface area contributed by atoms with Gasteiger partial charge in [-0.2, -0.15) is 0 Å². The summed E-state index contributed by atoms with van der Waals surface area (Å²) in [7, 11) is 0. The molecule has 0 aliphatic heterocycles. The fourth-order valence-electron chi connectivity index (χ4n) is 1.64. The molecule has 0 heterocycles. The van der Waals surface area contributed by atoms with Crippen LogP contribution in [0.25, 0.3) is 0 Å². The zero-order valence-electron chi connectivity index (χ0n) is 11.8. The first-order valence-electron chi connectivity index (χ1n) is 6.78. The molecule has 1 aromatic carbocycles. The van der Waals surface area contributed by atoms with Crippen LogP contribution < -0.4 is 10.1 Å². The monoisotopic (exact) mass is 265 g/mol. The lowest BCUT2D eigenvalue weighted by molar-refractivity contribution is -0.142. The quantitative estimate of drug-likeness (QED) is 0.550. The van der Waals surface area contributed by atoms with Crippen molar-refractivity contribution in [1.29, 1.82) is 0 Å². The molecule has 0 atom stereocenters. The summed E-state index contributed by atoms with van der Waals surface area (Å²) in [6.07, 6.45) is 1.34. The van der Waals surface area contributed by atoms with Crippen molar-refractivity contribution in [2.24, 2.45) is 0 Å². The molecule has 0 spiro atoms. The van der Waals surface area contributed by atoms with Gasteiger partial charge < -0.3 is 14.8 Å². The Balaban J connectivity index is 1.98. The van der Waals surface area contributed by atoms with Crippen LogP contribution in [0.5, 0.6) is 5.75 Å². The summed E-state index contributed by atoms with van der Waals surface area (Å²) in [5.74, 6) is 0.762. The summed E-state index contributed by atoms with van der Waals surface area (Å²) in [5.41, 5.74) is 1.20. The average Bonchev–Trinajstić information content (AvgIpc) is 2.38. The number of aryl methyl sites for hydroxylation is 1. The van der Waals surface area contributed by atoms with E-state index in [1.165, 1.54) is 5.56 Å². The van der Waals surface area contributed by atoms with Crippen LogP contribution in [0.2, 0.25) is 0 Å². The third kappa shape index (κ3) is 7.47. The Morgan fingerprint density at radius 1 is 1.32 bits per heavy atom. The van der Waals surface area contributed by atoms with Gasteiger partial charge in [0, 0.05) is 6.54 Å². The van der Waals surface area contributed by atoms with Crippen molar-refractivity contribution in [2.75, 3.05) is 26.3 Å². The molecule has 0 bridgehead atoms. The number of carbonyl (C=O) groups is 1. The highest BCUT2D eigenvalue weighted by molar-refractivity contribution is 5.69. The van der Waals surface area contributed by atoms with E-state index in [4.69, 9.17) is 9.47 Å². The molecule has 0 amide bonds. The van der Waals surface area contributed by atoms with Gasteiger partial charge in [0.1, 0.15) is 5.75 Å². The Kier molecular flexibility index (Phi) is 7.66. The highest BCUT2D eigenvalue weighted by Crippen LogP contribution is 2.12. The summed E-state index contributed by atoms with van der Waals surface area (Å²) in [6, 6.07) is 8.02. The van der Waals surface area contributed by atoms with E-state index in [0.717, 1.165) is 18.7 Å². The third-order valence-electron chi connectivity index (χ3n) is 2.57. The van der Waals surface area contributed by atoms with Crippen molar-refractivity contribution < 1.29 is 14.3 Å². The van der Waals surface area contributed by atoms with Crippen molar-refractivity contribution in [3.8, 4) is 5.75 Å². The topological polar surface area (TPSA) is 47.6 Å². The van der Waals surface area contributed by atoms with Crippen molar-refractivity contribution in [3.05, 3.63) is 29.8 Å². The predicted molar refractivity (Wildman–Crippen MR) is 75.4 cm³/mol. The van der Waals surface area contributed by atoms with Gasteiger partial charge in [0.05, 0.1) is 19.6 Å². The second kappa shape index (κ2) is 9.39. The van der Waals surface area contributed by atoms with Gasteiger partial charge >= 0.3 is 5.97 Å². The first-order valence-corrected chi connectivity index (χ1v) is 6.78. The van der Waals surface area contributed by atoms with E-state index in [1.807, 2.05) is 38.1 Å². The molecule has 0 saturated heterocycles. The summed E-state index contributed by atoms with van der Waals surface area (Å²) in [6.45, 7) is 6.48. The Hall–Kier alpha value is -1.55. The molecule has 0 aliphatic carbocycles. The number of rotatable bonds is 9. The Bertz CT molecular complexity index is 379. The average molecular weight is 265 g/mol. The number of hydrogen-bond acceptors (Lipinski definition) is 4. The van der Waals surface area contributed by atoms with E-state index >= 15 is 0 Å². The van der Waals surface area contributed by atoms with Crippen LogP contribution in [-0.2, 0) is 9.53 Å². The van der Waals surface area contributed by atoms with E-state index < -0.39 is 0 Å². The maximum Gasteiger partial charge on any atom is 0.307 e. The number of carbonyl (C=O) groups excluding carboxylic acids is 1. The fourth-order valence-corrected chi connectivity index (χ4v) is 1.64. The molecule has 0 saturated carbocycles. The number of nitrogens with one attached hydrogen (secondary N) is 1. The van der Waals surface area contributed by atoms with Gasteiger partial charge in [-0.1, -0.05) is 12.1 Å². The molecule has 4 heteroatoms. The summed E-state index contributed by atoms with van der Waals surface area (Å²) in [4.78, 5) is 11.1. The lowest BCUT2D eigenvalue weighted by Gasteiger charge is -2.07. The molecule has 1 N–H and O–H groups in total. The van der Waals surface area contributed by atoms with E-state index in [0.29, 0.717) is 26.2 Å². The number of esters is 1. The minimum atomic E-state index is -0.147. The molecular weight excluding hydrogens is 242 g/mol. The minimum absolute atomic E-state index is 0.147. The summed E-state index contributed by atoms with van der Waals surface area (Å²) < 4.78 is 10.5. The smallest absolute Gasteiger partial charge is 0.307 e. The summed E-state index contributed by atoms with van der Waals surface area (Å²) >= 11 is 0. The zero-order valence-corrected chi connectivity index (χ0v) is 11.8. The van der Waals surface area contributed by atoms with E-state index in [1.54, 1.807) is 0 Å². The maximum atomic E-state index is 11.1. The van der Waals surface area contributed by atoms with Crippen molar-refractivity contribution in [3.63, 3.8) is 0 Å². The zero-order chi connectivity index (χ0) is 13.9. The summed E-state index contributed by atoms with van der Waals surface area (Å²) in [5, 5.41) is 3.19. The first-order chi connectivity index (χ1) is 9.22. The van der Waals surface area contributed by atoms with Gasteiger partial charge in [0.2, 0.25) is 0 Å². The van der Waals surface area contributed by atoms with Crippen molar-refractivity contribution in [1.82, 2.24) is 5.32 Å². The van der Waals surface area contributed by atoms with Crippen LogP contribution in [0.1, 0.15) is 25.3 Å². The molecule has 0 fully saturated rings. The second-order valence-electron chi connectivity index (χ2n) is 4.32. The molecule has 0 aromatic heterocycles. The van der Waals surface area contributed by atoms with Crippen LogP contribution in [0.4, 0.5) is 0 Å². The van der Waals surface area contributed by atoms with Crippen LogP contribution in [-0.4, -0.2) is 32.3 Å². The number of ether oxygens (including phenoxy) is 2. The van der Waals surface area contributed by atoms with Gasteiger partial charge in [0.25, 0.3) is 0 Å². The number of hydrogen-bond donors (Lipinski definition) is 1. The number of benzene rings is 1. The molecule has 1 rings (SSSR count). The van der Waals surface area contributed by atoms with Crippen LogP contribution >= 0.6 is 0 Å². The lowest BCUT2D eigenvalue weighted by Crippen LogP contribution is -2.21. The minimum Gasteiger partial charge on any atom is -0.494 e. The van der Waals surface area contributed by atoms with Gasteiger partial charge in [-0.3, -0.25) is 4.79 Å². The second-order valence-corrected chi connectivity index (χ2v) is 4.32. The van der Waals surface area contributed by atoms with Crippen LogP contribution in [0.15, 0.2) is 24.3 Å². The Labute approximate surface area is 115 Å². The maximum absolute atomic E-state index is 11.1.